The molecule has 0 spiro atoms. The van der Waals surface area contributed by atoms with Crippen molar-refractivity contribution in [1.29, 1.82) is 0 Å². The second-order valence-electron chi connectivity index (χ2n) is 3.20. The van der Waals surface area contributed by atoms with Crippen LogP contribution in [0.4, 0.5) is 11.4 Å². The van der Waals surface area contributed by atoms with E-state index in [1.165, 1.54) is 0 Å². The van der Waals surface area contributed by atoms with E-state index in [9.17, 15) is 0 Å². The molecule has 2 nitrogen and oxygen atoms in total. The van der Waals surface area contributed by atoms with E-state index in [1.54, 1.807) is 0 Å². The molecule has 0 heterocycles. The summed E-state index contributed by atoms with van der Waals surface area (Å²) in [4.78, 5) is 0.423. The normalized spacial score (nSPS) is 15.0. The number of halogens is 1. The number of hydrogen-bond donors (Lipinski definition) is 2. The van der Waals surface area contributed by atoms with Crippen LogP contribution in [0.2, 0.25) is 0 Å². The smallest absolute Gasteiger partial charge is 0.0576 e. The van der Waals surface area contributed by atoms with Gasteiger partial charge in [0.15, 0.2) is 0 Å². The maximum Gasteiger partial charge on any atom is 0.0576 e. The summed E-state index contributed by atoms with van der Waals surface area (Å²) < 4.78 is 0. The number of hydrogen-bond acceptors (Lipinski definition) is 2. The number of anilines is 2. The summed E-state index contributed by atoms with van der Waals surface area (Å²) in [7, 11) is 0. The van der Waals surface area contributed by atoms with Crippen molar-refractivity contribution in [3.8, 4) is 0 Å². The van der Waals surface area contributed by atoms with Crippen molar-refractivity contribution in [2.24, 2.45) is 0 Å². The second kappa shape index (κ2) is 4.51. The Morgan fingerprint density at radius 3 is 2.46 bits per heavy atom. The molecule has 1 aromatic rings. The Morgan fingerprint density at radius 2 is 1.92 bits per heavy atom. The van der Waals surface area contributed by atoms with Gasteiger partial charge in [-0.1, -0.05) is 35.0 Å². The highest BCUT2D eigenvalue weighted by Crippen LogP contribution is 2.19. The van der Waals surface area contributed by atoms with Crippen molar-refractivity contribution >= 4 is 27.3 Å². The maximum atomic E-state index is 5.79. The predicted octanol–water partition coefficient (Wildman–Crippen LogP) is 2.85. The van der Waals surface area contributed by atoms with Crippen molar-refractivity contribution in [3.05, 3.63) is 24.3 Å². The third kappa shape index (κ3) is 2.92. The first-order valence-corrected chi connectivity index (χ1v) is 5.28. The van der Waals surface area contributed by atoms with E-state index in [4.69, 9.17) is 5.73 Å². The summed E-state index contributed by atoms with van der Waals surface area (Å²) in [6.45, 7) is 4.22. The maximum absolute atomic E-state index is 5.79. The van der Waals surface area contributed by atoms with Gasteiger partial charge in [0.2, 0.25) is 0 Å². The highest BCUT2D eigenvalue weighted by atomic mass is 79.9. The van der Waals surface area contributed by atoms with Crippen LogP contribution in [-0.4, -0.2) is 10.9 Å². The topological polar surface area (TPSA) is 38.0 Å². The number of para-hydroxylation sites is 2. The number of rotatable bonds is 3. The van der Waals surface area contributed by atoms with E-state index in [2.05, 4.69) is 35.1 Å². The van der Waals surface area contributed by atoms with Gasteiger partial charge in [0, 0.05) is 10.9 Å². The van der Waals surface area contributed by atoms with Crippen LogP contribution in [0.3, 0.4) is 0 Å². The largest absolute Gasteiger partial charge is 0.397 e. The molecule has 72 valence electrons. The molecule has 0 saturated carbocycles. The van der Waals surface area contributed by atoms with Gasteiger partial charge in [-0.2, -0.15) is 0 Å². The van der Waals surface area contributed by atoms with E-state index < -0.39 is 0 Å². The van der Waals surface area contributed by atoms with Crippen molar-refractivity contribution < 1.29 is 0 Å². The summed E-state index contributed by atoms with van der Waals surface area (Å²) in [6, 6.07) is 8.16. The summed E-state index contributed by atoms with van der Waals surface area (Å²) in [5, 5.41) is 3.34. The SMILES string of the molecule is CC(Nc1ccccc1N)[C@@H](C)Br. The lowest BCUT2D eigenvalue weighted by atomic mass is 10.2. The zero-order valence-corrected chi connectivity index (χ0v) is 9.51. The summed E-state index contributed by atoms with van der Waals surface area (Å²) >= 11 is 3.52. The molecule has 3 N–H and O–H groups in total. The molecule has 0 aromatic heterocycles. The van der Waals surface area contributed by atoms with Crippen molar-refractivity contribution in [1.82, 2.24) is 0 Å². The van der Waals surface area contributed by atoms with Crippen LogP contribution < -0.4 is 11.1 Å². The standard InChI is InChI=1S/C10H15BrN2/c1-7(11)8(2)13-10-6-4-3-5-9(10)12/h3-8,13H,12H2,1-2H3/t7-,8?/m1/s1. The molecule has 0 aliphatic rings. The molecule has 0 aliphatic carbocycles. The Morgan fingerprint density at radius 1 is 1.31 bits per heavy atom. The van der Waals surface area contributed by atoms with Gasteiger partial charge in [0.1, 0.15) is 0 Å². The van der Waals surface area contributed by atoms with Gasteiger partial charge in [-0.15, -0.1) is 0 Å². The minimum absolute atomic E-state index is 0.365. The van der Waals surface area contributed by atoms with Gasteiger partial charge in [0.05, 0.1) is 11.4 Å². The van der Waals surface area contributed by atoms with Gasteiger partial charge in [0.25, 0.3) is 0 Å². The molecule has 0 bridgehead atoms. The number of alkyl halides is 1. The Bertz CT molecular complexity index is 273. The Balaban J connectivity index is 2.69. The van der Waals surface area contributed by atoms with E-state index in [1.807, 2.05) is 24.3 Å². The zero-order chi connectivity index (χ0) is 9.84. The Hall–Kier alpha value is -0.700. The van der Waals surface area contributed by atoms with Crippen LogP contribution >= 0.6 is 15.9 Å². The summed E-state index contributed by atoms with van der Waals surface area (Å²) in [5.41, 5.74) is 7.59. The number of benzene rings is 1. The van der Waals surface area contributed by atoms with Gasteiger partial charge in [-0.05, 0) is 19.1 Å². The molecule has 1 rings (SSSR count). The molecule has 2 atom stereocenters. The molecule has 13 heavy (non-hydrogen) atoms. The molecule has 0 fully saturated rings. The van der Waals surface area contributed by atoms with Crippen molar-refractivity contribution in [2.45, 2.75) is 24.7 Å². The second-order valence-corrected chi connectivity index (χ2v) is 4.64. The Kier molecular flexibility index (Phi) is 3.60. The minimum Gasteiger partial charge on any atom is -0.397 e. The fraction of sp³-hybridized carbons (Fsp3) is 0.400. The third-order valence-electron chi connectivity index (χ3n) is 2.03. The number of nitrogen functional groups attached to an aromatic ring is 1. The summed E-state index contributed by atoms with van der Waals surface area (Å²) in [6.07, 6.45) is 0. The average molecular weight is 243 g/mol. The van der Waals surface area contributed by atoms with Crippen LogP contribution in [-0.2, 0) is 0 Å². The average Bonchev–Trinajstić information content (AvgIpc) is 2.08. The molecular formula is C10H15BrN2. The van der Waals surface area contributed by atoms with E-state index >= 15 is 0 Å². The first kappa shape index (κ1) is 10.4. The van der Waals surface area contributed by atoms with E-state index in [0.717, 1.165) is 11.4 Å². The quantitative estimate of drug-likeness (QED) is 0.632. The van der Waals surface area contributed by atoms with Gasteiger partial charge in [-0.25, -0.2) is 0 Å². The zero-order valence-electron chi connectivity index (χ0n) is 7.92. The fourth-order valence-electron chi connectivity index (χ4n) is 0.989. The van der Waals surface area contributed by atoms with E-state index in [-0.39, 0.29) is 0 Å². The Labute approximate surface area is 87.6 Å². The van der Waals surface area contributed by atoms with Crippen LogP contribution in [0.1, 0.15) is 13.8 Å². The molecule has 3 heteroatoms. The lowest BCUT2D eigenvalue weighted by Crippen LogP contribution is -2.24. The highest BCUT2D eigenvalue weighted by molar-refractivity contribution is 9.09. The number of nitrogens with two attached hydrogens (primary N) is 1. The van der Waals surface area contributed by atoms with Crippen LogP contribution in [0.15, 0.2) is 24.3 Å². The molecule has 1 aromatic carbocycles. The summed E-state index contributed by atoms with van der Waals surface area (Å²) in [5.74, 6) is 0. The van der Waals surface area contributed by atoms with Crippen molar-refractivity contribution in [2.75, 3.05) is 11.1 Å². The monoisotopic (exact) mass is 242 g/mol. The molecule has 1 unspecified atom stereocenters. The lowest BCUT2D eigenvalue weighted by molar-refractivity contribution is 0.792. The van der Waals surface area contributed by atoms with Gasteiger partial charge >= 0.3 is 0 Å². The molecule has 0 amide bonds. The van der Waals surface area contributed by atoms with Crippen molar-refractivity contribution in [3.63, 3.8) is 0 Å². The minimum atomic E-state index is 0.365. The number of nitrogens with one attached hydrogen (secondary N) is 1. The van der Waals surface area contributed by atoms with Crippen LogP contribution in [0, 0.1) is 0 Å². The van der Waals surface area contributed by atoms with E-state index in [0.29, 0.717) is 10.9 Å². The van der Waals surface area contributed by atoms with Crippen LogP contribution in [0.25, 0.3) is 0 Å². The highest BCUT2D eigenvalue weighted by Gasteiger charge is 2.08. The molecular weight excluding hydrogens is 228 g/mol. The molecule has 0 radical (unpaired) electrons. The third-order valence-corrected chi connectivity index (χ3v) is 2.83. The molecule has 0 saturated heterocycles. The van der Waals surface area contributed by atoms with Gasteiger partial charge in [-0.3, -0.25) is 0 Å². The van der Waals surface area contributed by atoms with Crippen LogP contribution in [0.5, 0.6) is 0 Å². The first-order chi connectivity index (χ1) is 6.11. The predicted molar refractivity (Wildman–Crippen MR) is 62.3 cm³/mol. The molecule has 0 aliphatic heterocycles. The van der Waals surface area contributed by atoms with Gasteiger partial charge < -0.3 is 11.1 Å². The fourth-order valence-corrected chi connectivity index (χ4v) is 1.12. The lowest BCUT2D eigenvalue weighted by Gasteiger charge is -2.18. The first-order valence-electron chi connectivity index (χ1n) is 4.36.